The third-order valence-corrected chi connectivity index (χ3v) is 8.43. The second kappa shape index (κ2) is 8.36. The van der Waals surface area contributed by atoms with Crippen molar-refractivity contribution in [2.24, 2.45) is 28.2 Å². The summed E-state index contributed by atoms with van der Waals surface area (Å²) in [5.41, 5.74) is 1.02. The molecule has 0 spiro atoms. The SMILES string of the molecule is CC(C)[C@]1(C(=O)N2CCc3ncc(C(F)(F)F)cc3C2)CCC(=NC2C3CCC2COC3)C1. The first-order chi connectivity index (χ1) is 15.7. The van der Waals surface area contributed by atoms with Gasteiger partial charge in [-0.3, -0.25) is 14.8 Å². The maximum atomic E-state index is 13.8. The highest BCUT2D eigenvalue weighted by Crippen LogP contribution is 2.47. The van der Waals surface area contributed by atoms with Gasteiger partial charge < -0.3 is 9.64 Å². The molecule has 3 heterocycles. The Kier molecular flexibility index (Phi) is 5.78. The predicted octanol–water partition coefficient (Wildman–Crippen LogP) is 4.68. The first-order valence-electron chi connectivity index (χ1n) is 12.1. The predicted molar refractivity (Wildman–Crippen MR) is 118 cm³/mol. The Morgan fingerprint density at radius 3 is 2.64 bits per heavy atom. The van der Waals surface area contributed by atoms with Gasteiger partial charge in [-0.25, -0.2) is 0 Å². The van der Waals surface area contributed by atoms with Gasteiger partial charge in [0.15, 0.2) is 0 Å². The largest absolute Gasteiger partial charge is 0.417 e. The molecule has 4 aliphatic rings. The van der Waals surface area contributed by atoms with Crippen molar-refractivity contribution in [2.75, 3.05) is 19.8 Å². The fourth-order valence-corrected chi connectivity index (χ4v) is 6.32. The Bertz CT molecular complexity index is 945. The van der Waals surface area contributed by atoms with Crippen molar-refractivity contribution in [3.05, 3.63) is 29.1 Å². The molecular formula is C25H32F3N3O2. The van der Waals surface area contributed by atoms with Crippen molar-refractivity contribution < 1.29 is 22.7 Å². The van der Waals surface area contributed by atoms with E-state index in [9.17, 15) is 18.0 Å². The fourth-order valence-electron chi connectivity index (χ4n) is 6.32. The second-order valence-electron chi connectivity index (χ2n) is 10.6. The molecule has 5 rings (SSSR count). The van der Waals surface area contributed by atoms with Crippen LogP contribution in [0.5, 0.6) is 0 Å². The lowest BCUT2D eigenvalue weighted by molar-refractivity contribution is -0.145. The standard InChI is InChI=1S/C25H32F3N3O2/c1-15(2)24(7-5-20(10-24)30-22-16-3-4-17(22)14-33-13-16)23(32)31-8-6-21-18(12-31)9-19(11-29-21)25(26,27)28/h9,11,15-17,22H,3-8,10,12-14H2,1-2H3/t16?,17?,22?,24-/m0/s1. The van der Waals surface area contributed by atoms with Gasteiger partial charge in [-0.15, -0.1) is 0 Å². The molecule has 2 bridgehead atoms. The molecule has 2 unspecified atom stereocenters. The van der Waals surface area contributed by atoms with Crippen LogP contribution in [0.1, 0.15) is 62.8 Å². The first-order valence-corrected chi connectivity index (χ1v) is 12.1. The zero-order valence-electron chi connectivity index (χ0n) is 19.3. The maximum absolute atomic E-state index is 13.8. The van der Waals surface area contributed by atoms with E-state index in [0.29, 0.717) is 48.5 Å². The molecule has 2 aliphatic heterocycles. The number of rotatable bonds is 3. The van der Waals surface area contributed by atoms with Crippen LogP contribution in [0.15, 0.2) is 17.3 Å². The van der Waals surface area contributed by atoms with Gasteiger partial charge in [0, 0.05) is 48.9 Å². The lowest BCUT2D eigenvalue weighted by Gasteiger charge is -2.39. The average Bonchev–Trinajstić information content (AvgIpc) is 3.29. The van der Waals surface area contributed by atoms with Crippen LogP contribution in [0.2, 0.25) is 0 Å². The summed E-state index contributed by atoms with van der Waals surface area (Å²) in [5, 5.41) is 0. The molecule has 2 aliphatic carbocycles. The van der Waals surface area contributed by atoms with Gasteiger partial charge in [0.2, 0.25) is 5.91 Å². The normalized spacial score (nSPS) is 33.1. The minimum atomic E-state index is -4.44. The summed E-state index contributed by atoms with van der Waals surface area (Å²) >= 11 is 0. The molecule has 1 saturated heterocycles. The van der Waals surface area contributed by atoms with Crippen molar-refractivity contribution >= 4 is 11.6 Å². The van der Waals surface area contributed by atoms with Crippen LogP contribution >= 0.6 is 0 Å². The summed E-state index contributed by atoms with van der Waals surface area (Å²) in [6.45, 7) is 6.42. The fraction of sp³-hybridized carbons (Fsp3) is 0.720. The van der Waals surface area contributed by atoms with E-state index in [1.807, 2.05) is 0 Å². The smallest absolute Gasteiger partial charge is 0.381 e. The third-order valence-electron chi connectivity index (χ3n) is 8.43. The second-order valence-corrected chi connectivity index (χ2v) is 10.6. The van der Waals surface area contributed by atoms with E-state index in [4.69, 9.17) is 9.73 Å². The molecule has 0 N–H and O–H groups in total. The Morgan fingerprint density at radius 2 is 1.97 bits per heavy atom. The quantitative estimate of drug-likeness (QED) is 0.654. The maximum Gasteiger partial charge on any atom is 0.417 e. The van der Waals surface area contributed by atoms with E-state index in [1.165, 1.54) is 12.8 Å². The Hall–Kier alpha value is -1.96. The minimum Gasteiger partial charge on any atom is -0.381 e. The van der Waals surface area contributed by atoms with E-state index in [1.54, 1.807) is 4.90 Å². The summed E-state index contributed by atoms with van der Waals surface area (Å²) in [5.74, 6) is 1.18. The monoisotopic (exact) mass is 463 g/mol. The lowest BCUT2D eigenvalue weighted by atomic mass is 9.74. The number of aromatic nitrogens is 1. The summed E-state index contributed by atoms with van der Waals surface area (Å²) in [6, 6.07) is 1.48. The molecule has 1 amide bonds. The van der Waals surface area contributed by atoms with E-state index < -0.39 is 17.2 Å². The molecule has 5 nitrogen and oxygen atoms in total. The number of carbonyl (C=O) groups is 1. The number of hydrogen-bond donors (Lipinski definition) is 0. The van der Waals surface area contributed by atoms with Crippen LogP contribution in [0.4, 0.5) is 13.2 Å². The topological polar surface area (TPSA) is 54.8 Å². The van der Waals surface area contributed by atoms with E-state index in [2.05, 4.69) is 18.8 Å². The van der Waals surface area contributed by atoms with Crippen LogP contribution in [0, 0.1) is 23.2 Å². The number of fused-ring (bicyclic) bond motifs is 3. The summed E-state index contributed by atoms with van der Waals surface area (Å²) in [4.78, 5) is 24.8. The van der Waals surface area contributed by atoms with Gasteiger partial charge in [-0.2, -0.15) is 13.2 Å². The van der Waals surface area contributed by atoms with E-state index in [0.717, 1.165) is 44.0 Å². The molecule has 0 radical (unpaired) electrons. The molecule has 1 aromatic rings. The molecule has 33 heavy (non-hydrogen) atoms. The van der Waals surface area contributed by atoms with Crippen LogP contribution in [0.3, 0.4) is 0 Å². The molecular weight excluding hydrogens is 431 g/mol. The molecule has 180 valence electrons. The molecule has 3 fully saturated rings. The summed E-state index contributed by atoms with van der Waals surface area (Å²) < 4.78 is 45.2. The number of pyridine rings is 1. The molecule has 2 saturated carbocycles. The highest BCUT2D eigenvalue weighted by Gasteiger charge is 2.49. The highest BCUT2D eigenvalue weighted by atomic mass is 19.4. The van der Waals surface area contributed by atoms with Crippen LogP contribution in [-0.4, -0.2) is 47.3 Å². The molecule has 3 atom stereocenters. The van der Waals surface area contributed by atoms with Gasteiger partial charge in [0.1, 0.15) is 0 Å². The molecule has 1 aromatic heterocycles. The number of nitrogens with zero attached hydrogens (tertiary/aromatic N) is 3. The molecule has 0 aromatic carbocycles. The number of hydrogen-bond acceptors (Lipinski definition) is 4. The van der Waals surface area contributed by atoms with E-state index in [-0.39, 0.29) is 18.4 Å². The minimum absolute atomic E-state index is 0.0562. The van der Waals surface area contributed by atoms with Crippen LogP contribution in [0.25, 0.3) is 0 Å². The van der Waals surface area contributed by atoms with Crippen molar-refractivity contribution in [3.63, 3.8) is 0 Å². The van der Waals surface area contributed by atoms with Crippen molar-refractivity contribution in [1.82, 2.24) is 9.88 Å². The number of alkyl halides is 3. The van der Waals surface area contributed by atoms with Gasteiger partial charge in [-0.05, 0) is 49.7 Å². The highest BCUT2D eigenvalue weighted by molar-refractivity contribution is 5.96. The lowest BCUT2D eigenvalue weighted by Crippen LogP contribution is -2.47. The average molecular weight is 464 g/mol. The Balaban J connectivity index is 1.35. The number of aliphatic imine (C=N–C) groups is 1. The van der Waals surface area contributed by atoms with Crippen molar-refractivity contribution in [1.29, 1.82) is 0 Å². The van der Waals surface area contributed by atoms with E-state index >= 15 is 0 Å². The number of amides is 1. The van der Waals surface area contributed by atoms with Crippen LogP contribution < -0.4 is 0 Å². The number of ether oxygens (including phenoxy) is 1. The Labute approximate surface area is 192 Å². The summed E-state index contributed by atoms with van der Waals surface area (Å²) in [7, 11) is 0. The van der Waals surface area contributed by atoms with Gasteiger partial charge in [-0.1, -0.05) is 13.8 Å². The number of halogens is 3. The zero-order chi connectivity index (χ0) is 23.4. The zero-order valence-corrected chi connectivity index (χ0v) is 19.3. The van der Waals surface area contributed by atoms with Crippen LogP contribution in [-0.2, 0) is 28.7 Å². The Morgan fingerprint density at radius 1 is 1.24 bits per heavy atom. The first kappa shape index (κ1) is 22.8. The van der Waals surface area contributed by atoms with Gasteiger partial charge >= 0.3 is 6.18 Å². The molecule has 8 heteroatoms. The van der Waals surface area contributed by atoms with Gasteiger partial charge in [0.05, 0.1) is 30.2 Å². The van der Waals surface area contributed by atoms with Crippen molar-refractivity contribution in [2.45, 2.75) is 71.1 Å². The summed E-state index contributed by atoms with van der Waals surface area (Å²) in [6.07, 6.45) is 1.52. The number of carbonyl (C=O) groups excluding carboxylic acids is 1. The van der Waals surface area contributed by atoms with Crippen molar-refractivity contribution in [3.8, 4) is 0 Å². The third kappa shape index (κ3) is 4.08. The van der Waals surface area contributed by atoms with Gasteiger partial charge in [0.25, 0.3) is 0 Å².